The van der Waals surface area contributed by atoms with Gasteiger partial charge in [-0.2, -0.15) is 0 Å². The number of aromatic nitrogens is 2. The summed E-state index contributed by atoms with van der Waals surface area (Å²) < 4.78 is 37.5. The van der Waals surface area contributed by atoms with Gasteiger partial charge in [-0.15, -0.1) is 0 Å². The fraction of sp³-hybridized carbons (Fsp3) is 0.423. The molecule has 2 fully saturated rings. The second-order valence-electron chi connectivity index (χ2n) is 18.2. The molecule has 16 heteroatoms. The third-order valence-corrected chi connectivity index (χ3v) is 13.5. The van der Waals surface area contributed by atoms with Crippen molar-refractivity contribution in [1.82, 2.24) is 20.1 Å². The highest BCUT2D eigenvalue weighted by Gasteiger charge is 2.29. The molecule has 68 heavy (non-hydrogen) atoms. The van der Waals surface area contributed by atoms with Gasteiger partial charge in [-0.05, 0) is 125 Å². The maximum absolute atomic E-state index is 13.4. The van der Waals surface area contributed by atoms with E-state index in [0.717, 1.165) is 113 Å². The molecule has 0 spiro atoms. The smallest absolute Gasteiger partial charge is 0.328 e. The third kappa shape index (κ3) is 12.5. The van der Waals surface area contributed by atoms with E-state index in [1.165, 1.54) is 46.8 Å². The lowest BCUT2D eigenvalue weighted by atomic mass is 9.91. The fourth-order valence-electron chi connectivity index (χ4n) is 10.2. The standard InChI is InChI=1S/2C24H28FN3O2.C4H4O4/c2*25-19-7-8-21-23(14-19)30-26-24(21)18-9-12-27(13-10-18)15-20(29)16-28-11-3-5-17-4-1-2-6-22(17)28;5-3(6)1-2-4(7)8/h2*1-2,4,6-8,14,18,20,29H,3,5,9-13,15-16H2;1-2H,(H,5,6)(H,7,8)/b;;2-1+. The first kappa shape index (κ1) is 48.3. The van der Waals surface area contributed by atoms with Gasteiger partial charge in [0.2, 0.25) is 0 Å². The van der Waals surface area contributed by atoms with E-state index in [0.29, 0.717) is 61.3 Å². The largest absolute Gasteiger partial charge is 0.478 e. The molecular weight excluding hydrogens is 875 g/mol. The number of aliphatic carboxylic acids is 2. The summed E-state index contributed by atoms with van der Waals surface area (Å²) in [6, 6.07) is 26.3. The minimum absolute atomic E-state index is 0.301. The Kier molecular flexibility index (Phi) is 16.1. The first-order valence-corrected chi connectivity index (χ1v) is 23.7. The highest BCUT2D eigenvalue weighted by Crippen LogP contribution is 2.35. The molecule has 4 N–H and O–H groups in total. The molecule has 14 nitrogen and oxygen atoms in total. The molecule has 2 saturated heterocycles. The molecule has 0 saturated carbocycles. The lowest BCUT2D eigenvalue weighted by molar-refractivity contribution is -0.134. The number of benzene rings is 4. The van der Waals surface area contributed by atoms with Gasteiger partial charge in [-0.25, -0.2) is 18.4 Å². The number of piperidine rings is 2. The van der Waals surface area contributed by atoms with Crippen molar-refractivity contribution in [3.8, 4) is 0 Å². The average molecular weight is 935 g/mol. The number of para-hydroxylation sites is 2. The number of rotatable bonds is 12. The number of nitrogens with zero attached hydrogens (tertiary/aromatic N) is 6. The number of fused-ring (bicyclic) bond motifs is 4. The van der Waals surface area contributed by atoms with Crippen LogP contribution in [0.4, 0.5) is 20.2 Å². The molecule has 360 valence electrons. The van der Waals surface area contributed by atoms with Gasteiger partial charge in [0.05, 0.1) is 23.6 Å². The number of likely N-dealkylation sites (tertiary alicyclic amines) is 2. The lowest BCUT2D eigenvalue weighted by Gasteiger charge is -2.36. The van der Waals surface area contributed by atoms with Crippen LogP contribution in [-0.2, 0) is 22.4 Å². The van der Waals surface area contributed by atoms with Crippen LogP contribution < -0.4 is 9.80 Å². The van der Waals surface area contributed by atoms with E-state index >= 15 is 0 Å². The van der Waals surface area contributed by atoms with Crippen LogP contribution in [0.15, 0.2) is 106 Å². The van der Waals surface area contributed by atoms with Gasteiger partial charge >= 0.3 is 11.9 Å². The maximum Gasteiger partial charge on any atom is 0.328 e. The summed E-state index contributed by atoms with van der Waals surface area (Å²) in [5, 5.41) is 47.4. The third-order valence-electron chi connectivity index (χ3n) is 13.5. The lowest BCUT2D eigenvalue weighted by Crippen LogP contribution is -2.44. The summed E-state index contributed by atoms with van der Waals surface area (Å²) in [7, 11) is 0. The summed E-state index contributed by atoms with van der Waals surface area (Å²) >= 11 is 0. The summed E-state index contributed by atoms with van der Waals surface area (Å²) in [4.78, 5) is 28.5. The molecular formula is C52H60F2N6O8. The number of carboxylic acid groups (broad SMARTS) is 2. The molecule has 4 aliphatic heterocycles. The molecule has 6 heterocycles. The van der Waals surface area contributed by atoms with Gasteiger partial charge in [-0.1, -0.05) is 46.7 Å². The van der Waals surface area contributed by atoms with Crippen LogP contribution in [0.5, 0.6) is 0 Å². The zero-order valence-electron chi connectivity index (χ0n) is 38.1. The van der Waals surface area contributed by atoms with Gasteiger partial charge in [0.1, 0.15) is 11.6 Å². The van der Waals surface area contributed by atoms with E-state index in [2.05, 4.69) is 78.4 Å². The van der Waals surface area contributed by atoms with E-state index in [1.54, 1.807) is 12.1 Å². The van der Waals surface area contributed by atoms with Crippen molar-refractivity contribution in [2.24, 2.45) is 0 Å². The maximum atomic E-state index is 13.4. The molecule has 4 aliphatic rings. The van der Waals surface area contributed by atoms with Gasteiger partial charge in [0.25, 0.3) is 0 Å². The number of aliphatic hydroxyl groups is 2. The first-order valence-electron chi connectivity index (χ1n) is 23.7. The average Bonchev–Trinajstić information content (AvgIpc) is 3.96. The number of hydrogen-bond acceptors (Lipinski definition) is 12. The van der Waals surface area contributed by atoms with Crippen molar-refractivity contribution < 1.29 is 47.8 Å². The van der Waals surface area contributed by atoms with E-state index < -0.39 is 11.9 Å². The number of carbonyl (C=O) groups is 2. The topological polar surface area (TPSA) is 180 Å². The van der Waals surface area contributed by atoms with Crippen LogP contribution in [-0.4, -0.2) is 130 Å². The number of β-amino-alcohol motifs (C(OH)–C–C–N with tert-alkyl or cyclic N) is 2. The normalized spacial score (nSPS) is 18.1. The fourth-order valence-corrected chi connectivity index (χ4v) is 10.2. The van der Waals surface area contributed by atoms with Gasteiger partial charge in [0, 0.05) is 97.5 Å². The zero-order valence-corrected chi connectivity index (χ0v) is 38.1. The second-order valence-corrected chi connectivity index (χ2v) is 18.2. The zero-order chi connectivity index (χ0) is 47.6. The van der Waals surface area contributed by atoms with Crippen molar-refractivity contribution in [3.63, 3.8) is 0 Å². The molecule has 6 aromatic rings. The van der Waals surface area contributed by atoms with Crippen LogP contribution in [0.2, 0.25) is 0 Å². The van der Waals surface area contributed by atoms with Crippen molar-refractivity contribution in [1.29, 1.82) is 0 Å². The van der Waals surface area contributed by atoms with E-state index in [4.69, 9.17) is 19.3 Å². The highest BCUT2D eigenvalue weighted by atomic mass is 19.1. The van der Waals surface area contributed by atoms with Crippen LogP contribution >= 0.6 is 0 Å². The van der Waals surface area contributed by atoms with Gasteiger partial charge < -0.3 is 49.1 Å². The molecule has 2 unspecified atom stereocenters. The summed E-state index contributed by atoms with van der Waals surface area (Å²) in [5.74, 6) is -2.48. The number of aryl methyl sites for hydroxylation is 2. The van der Waals surface area contributed by atoms with Crippen LogP contribution in [0, 0.1) is 11.6 Å². The number of aliphatic hydroxyl groups excluding tert-OH is 2. The minimum atomic E-state index is -1.26. The van der Waals surface area contributed by atoms with Crippen molar-refractivity contribution in [2.75, 3.05) is 75.2 Å². The molecule has 0 radical (unpaired) electrons. The SMILES string of the molecule is O=C(O)/C=C/C(=O)O.OC(CN1CCC(c2noc3cc(F)ccc23)CC1)CN1CCCc2ccccc21.OC(CN1CCC(c2noc3cc(F)ccc23)CC1)CN1CCCc2ccccc21. The molecule has 10 rings (SSSR count). The Morgan fingerprint density at radius 3 is 1.38 bits per heavy atom. The van der Waals surface area contributed by atoms with Crippen LogP contribution in [0.1, 0.15) is 72.9 Å². The quantitative estimate of drug-likeness (QED) is 0.0880. The van der Waals surface area contributed by atoms with Crippen LogP contribution in [0.3, 0.4) is 0 Å². The Morgan fingerprint density at radius 1 is 0.588 bits per heavy atom. The summed E-state index contributed by atoms with van der Waals surface area (Å²) in [6.07, 6.45) is 8.79. The Morgan fingerprint density at radius 2 is 0.985 bits per heavy atom. The predicted molar refractivity (Wildman–Crippen MR) is 255 cm³/mol. The predicted octanol–water partition coefficient (Wildman–Crippen LogP) is 7.63. The molecule has 2 aromatic heterocycles. The van der Waals surface area contributed by atoms with E-state index in [9.17, 15) is 28.6 Å². The second kappa shape index (κ2) is 22.7. The van der Waals surface area contributed by atoms with Gasteiger partial charge in [0.15, 0.2) is 11.2 Å². The summed E-state index contributed by atoms with van der Waals surface area (Å²) in [6.45, 7) is 8.45. The summed E-state index contributed by atoms with van der Waals surface area (Å²) in [5.41, 5.74) is 8.24. The monoisotopic (exact) mass is 934 g/mol. The molecule has 0 amide bonds. The minimum Gasteiger partial charge on any atom is -0.478 e. The van der Waals surface area contributed by atoms with Crippen molar-refractivity contribution >= 4 is 45.3 Å². The molecule has 2 atom stereocenters. The van der Waals surface area contributed by atoms with E-state index in [1.807, 2.05) is 0 Å². The van der Waals surface area contributed by atoms with Crippen molar-refractivity contribution in [3.05, 3.63) is 131 Å². The Balaban J connectivity index is 0.000000159. The van der Waals surface area contributed by atoms with Gasteiger partial charge in [-0.3, -0.25) is 0 Å². The van der Waals surface area contributed by atoms with E-state index in [-0.39, 0.29) is 23.8 Å². The Labute approximate surface area is 394 Å². The highest BCUT2D eigenvalue weighted by molar-refractivity contribution is 5.89. The number of carboxylic acids is 2. The molecule has 0 bridgehead atoms. The Hall–Kier alpha value is -6.20. The number of hydrogen-bond donors (Lipinski definition) is 4. The molecule has 4 aromatic carbocycles. The molecule has 0 aliphatic carbocycles. The van der Waals surface area contributed by atoms with Crippen LogP contribution in [0.25, 0.3) is 21.9 Å². The number of halogens is 2. The Bertz CT molecular complexity index is 2480. The number of anilines is 2. The first-order chi connectivity index (χ1) is 33.0. The van der Waals surface area contributed by atoms with Crippen molar-refractivity contribution in [2.45, 2.75) is 75.4 Å².